The first-order valence-corrected chi connectivity index (χ1v) is 8.87. The number of urea groups is 1. The highest BCUT2D eigenvalue weighted by molar-refractivity contribution is 6.10. The van der Waals surface area contributed by atoms with E-state index in [0.29, 0.717) is 17.7 Å². The molecule has 8 heteroatoms. The average Bonchev–Trinajstić information content (AvgIpc) is 2.78. The summed E-state index contributed by atoms with van der Waals surface area (Å²) in [6.07, 6.45) is 0.491. The largest absolute Gasteiger partial charge is 0.462 e. The fraction of sp³-hybridized carbons (Fsp3) is 0.474. The SMILES string of the molecule is CCOC(=O)c1ccc(NC(=O)CN2C(=O)N[C@](C)(CC(C)C)C2=O)cc1. The van der Waals surface area contributed by atoms with Gasteiger partial charge in [-0.3, -0.25) is 14.5 Å². The second kappa shape index (κ2) is 8.20. The summed E-state index contributed by atoms with van der Waals surface area (Å²) >= 11 is 0. The molecule has 8 nitrogen and oxygen atoms in total. The number of carbonyl (C=O) groups excluding carboxylic acids is 4. The monoisotopic (exact) mass is 375 g/mol. The van der Waals surface area contributed by atoms with Gasteiger partial charge in [-0.1, -0.05) is 13.8 Å². The smallest absolute Gasteiger partial charge is 0.338 e. The number of nitrogens with one attached hydrogen (secondary N) is 2. The van der Waals surface area contributed by atoms with Crippen LogP contribution in [0.4, 0.5) is 10.5 Å². The third-order valence-electron chi connectivity index (χ3n) is 4.14. The Morgan fingerprint density at radius 3 is 2.41 bits per heavy atom. The topological polar surface area (TPSA) is 105 Å². The van der Waals surface area contributed by atoms with Crippen LogP contribution < -0.4 is 10.6 Å². The van der Waals surface area contributed by atoms with Crippen molar-refractivity contribution in [3.05, 3.63) is 29.8 Å². The van der Waals surface area contributed by atoms with Gasteiger partial charge in [-0.2, -0.15) is 0 Å². The van der Waals surface area contributed by atoms with E-state index in [1.165, 1.54) is 12.1 Å². The molecule has 1 heterocycles. The van der Waals surface area contributed by atoms with Crippen molar-refractivity contribution in [1.29, 1.82) is 0 Å². The number of esters is 1. The summed E-state index contributed by atoms with van der Waals surface area (Å²) < 4.78 is 4.89. The van der Waals surface area contributed by atoms with Crippen LogP contribution in [0.2, 0.25) is 0 Å². The maximum atomic E-state index is 12.6. The molecule has 27 heavy (non-hydrogen) atoms. The van der Waals surface area contributed by atoms with Gasteiger partial charge in [-0.15, -0.1) is 0 Å². The van der Waals surface area contributed by atoms with E-state index < -0.39 is 29.4 Å². The number of rotatable bonds is 7. The molecule has 0 saturated carbocycles. The van der Waals surface area contributed by atoms with Gasteiger partial charge in [0.1, 0.15) is 12.1 Å². The number of anilines is 1. The lowest BCUT2D eigenvalue weighted by atomic mass is 9.91. The van der Waals surface area contributed by atoms with Crippen LogP contribution in [0.1, 0.15) is 44.5 Å². The Morgan fingerprint density at radius 2 is 1.85 bits per heavy atom. The van der Waals surface area contributed by atoms with Crippen LogP contribution in [0.3, 0.4) is 0 Å². The van der Waals surface area contributed by atoms with Gasteiger partial charge in [0.2, 0.25) is 5.91 Å². The number of hydrogen-bond acceptors (Lipinski definition) is 5. The van der Waals surface area contributed by atoms with Crippen molar-refractivity contribution in [2.45, 2.75) is 39.7 Å². The lowest BCUT2D eigenvalue weighted by Crippen LogP contribution is -2.45. The van der Waals surface area contributed by atoms with Gasteiger partial charge >= 0.3 is 12.0 Å². The van der Waals surface area contributed by atoms with Crippen molar-refractivity contribution in [1.82, 2.24) is 10.2 Å². The molecule has 1 saturated heterocycles. The molecule has 1 fully saturated rings. The number of nitrogens with zero attached hydrogens (tertiary/aromatic N) is 1. The zero-order valence-corrected chi connectivity index (χ0v) is 16.0. The Hall–Kier alpha value is -2.90. The first-order valence-electron chi connectivity index (χ1n) is 8.87. The van der Waals surface area contributed by atoms with Gasteiger partial charge in [0, 0.05) is 5.69 Å². The Balaban J connectivity index is 1.98. The lowest BCUT2D eigenvalue weighted by molar-refractivity contribution is -0.133. The fourth-order valence-electron chi connectivity index (χ4n) is 3.09. The third-order valence-corrected chi connectivity index (χ3v) is 4.14. The molecule has 146 valence electrons. The number of carbonyl (C=O) groups is 4. The molecule has 2 N–H and O–H groups in total. The molecule has 0 radical (unpaired) electrons. The average molecular weight is 375 g/mol. The summed E-state index contributed by atoms with van der Waals surface area (Å²) in [6.45, 7) is 7.20. The summed E-state index contributed by atoms with van der Waals surface area (Å²) in [7, 11) is 0. The first-order chi connectivity index (χ1) is 12.7. The van der Waals surface area contributed by atoms with Crippen molar-refractivity contribution in [3.8, 4) is 0 Å². The second-order valence-corrected chi connectivity index (χ2v) is 7.10. The van der Waals surface area contributed by atoms with Crippen LogP contribution in [0, 0.1) is 5.92 Å². The van der Waals surface area contributed by atoms with Gasteiger partial charge in [-0.05, 0) is 50.5 Å². The van der Waals surface area contributed by atoms with Crippen molar-refractivity contribution in [2.75, 3.05) is 18.5 Å². The zero-order chi connectivity index (χ0) is 20.2. The Labute approximate surface area is 158 Å². The first kappa shape index (κ1) is 20.4. The molecule has 1 aliphatic heterocycles. The highest BCUT2D eigenvalue weighted by Gasteiger charge is 2.48. The summed E-state index contributed by atoms with van der Waals surface area (Å²) in [5.74, 6) is -1.14. The molecule has 0 unspecified atom stereocenters. The molecule has 0 aromatic heterocycles. The predicted octanol–water partition coefficient (Wildman–Crippen LogP) is 2.16. The molecule has 4 amide bonds. The highest BCUT2D eigenvalue weighted by Crippen LogP contribution is 2.24. The molecule has 1 aliphatic rings. The van der Waals surface area contributed by atoms with Crippen LogP contribution >= 0.6 is 0 Å². The van der Waals surface area contributed by atoms with Crippen LogP contribution in [0.25, 0.3) is 0 Å². The van der Waals surface area contributed by atoms with Gasteiger partial charge in [0.15, 0.2) is 0 Å². The number of hydrogen-bond donors (Lipinski definition) is 2. The zero-order valence-electron chi connectivity index (χ0n) is 16.0. The van der Waals surface area contributed by atoms with Gasteiger partial charge in [0.05, 0.1) is 12.2 Å². The molecule has 2 rings (SSSR count). The minimum Gasteiger partial charge on any atom is -0.462 e. The van der Waals surface area contributed by atoms with Gasteiger partial charge in [-0.25, -0.2) is 9.59 Å². The maximum absolute atomic E-state index is 12.6. The molecule has 0 aliphatic carbocycles. The minimum atomic E-state index is -0.993. The normalized spacial score (nSPS) is 19.2. The summed E-state index contributed by atoms with van der Waals surface area (Å²) in [5.41, 5.74) is -0.175. The predicted molar refractivity (Wildman–Crippen MR) is 99.1 cm³/mol. The number of imide groups is 1. The maximum Gasteiger partial charge on any atom is 0.338 e. The third kappa shape index (κ3) is 4.84. The molecule has 1 atom stereocenters. The molecule has 0 bridgehead atoms. The molecule has 1 aromatic carbocycles. The highest BCUT2D eigenvalue weighted by atomic mass is 16.5. The van der Waals surface area contributed by atoms with E-state index in [-0.39, 0.29) is 19.1 Å². The van der Waals surface area contributed by atoms with Crippen LogP contribution in [-0.2, 0) is 14.3 Å². The Kier molecular flexibility index (Phi) is 6.20. The van der Waals surface area contributed by atoms with Crippen LogP contribution in [-0.4, -0.2) is 47.4 Å². The summed E-state index contributed by atoms with van der Waals surface area (Å²) in [5, 5.41) is 5.28. The lowest BCUT2D eigenvalue weighted by Gasteiger charge is -2.23. The van der Waals surface area contributed by atoms with E-state index in [4.69, 9.17) is 4.74 Å². The van der Waals surface area contributed by atoms with E-state index in [0.717, 1.165) is 4.90 Å². The molecule has 1 aromatic rings. The van der Waals surface area contributed by atoms with Crippen molar-refractivity contribution in [2.24, 2.45) is 5.92 Å². The van der Waals surface area contributed by atoms with Crippen molar-refractivity contribution >= 4 is 29.5 Å². The van der Waals surface area contributed by atoms with E-state index in [1.807, 2.05) is 13.8 Å². The van der Waals surface area contributed by atoms with Crippen molar-refractivity contribution < 1.29 is 23.9 Å². The van der Waals surface area contributed by atoms with E-state index >= 15 is 0 Å². The minimum absolute atomic E-state index is 0.214. The summed E-state index contributed by atoms with van der Waals surface area (Å²) in [6, 6.07) is 5.59. The van der Waals surface area contributed by atoms with E-state index in [2.05, 4.69) is 10.6 Å². The van der Waals surface area contributed by atoms with Crippen LogP contribution in [0.5, 0.6) is 0 Å². The quantitative estimate of drug-likeness (QED) is 0.561. The second-order valence-electron chi connectivity index (χ2n) is 7.10. The molecular formula is C19H25N3O5. The van der Waals surface area contributed by atoms with Gasteiger partial charge < -0.3 is 15.4 Å². The van der Waals surface area contributed by atoms with Gasteiger partial charge in [0.25, 0.3) is 5.91 Å². The number of benzene rings is 1. The van der Waals surface area contributed by atoms with E-state index in [1.54, 1.807) is 26.0 Å². The molecule has 0 spiro atoms. The Bertz CT molecular complexity index is 744. The molecular weight excluding hydrogens is 350 g/mol. The van der Waals surface area contributed by atoms with Crippen LogP contribution in [0.15, 0.2) is 24.3 Å². The summed E-state index contributed by atoms with van der Waals surface area (Å²) in [4.78, 5) is 49.4. The van der Waals surface area contributed by atoms with Crippen molar-refractivity contribution in [3.63, 3.8) is 0 Å². The fourth-order valence-corrected chi connectivity index (χ4v) is 3.09. The number of ether oxygens (including phenoxy) is 1. The standard InChI is InChI=1S/C19H25N3O5/c1-5-27-16(24)13-6-8-14(9-7-13)20-15(23)11-22-17(25)19(4,10-12(2)3)21-18(22)26/h6-9,12H,5,10-11H2,1-4H3,(H,20,23)(H,21,26)/t19-/m1/s1. The number of amides is 4. The van der Waals surface area contributed by atoms with E-state index in [9.17, 15) is 19.2 Å². The Morgan fingerprint density at radius 1 is 1.22 bits per heavy atom.